The number of hydrogen-bond donors (Lipinski definition) is 1. The smallest absolute Gasteiger partial charge is 0.306 e. The molecule has 0 aromatic heterocycles. The van der Waals surface area contributed by atoms with Crippen LogP contribution in [0.4, 0.5) is 4.39 Å². The molecule has 0 heterocycles. The van der Waals surface area contributed by atoms with Crippen molar-refractivity contribution in [1.29, 1.82) is 0 Å². The van der Waals surface area contributed by atoms with E-state index in [0.29, 0.717) is 32.5 Å². The summed E-state index contributed by atoms with van der Waals surface area (Å²) in [5.41, 5.74) is 0.895. The summed E-state index contributed by atoms with van der Waals surface area (Å²) in [6.45, 7) is 3.51. The highest BCUT2D eigenvalue weighted by Gasteiger charge is 2.04. The monoisotopic (exact) mass is 269 g/mol. The Labute approximate surface area is 112 Å². The number of halogens is 1. The first-order valence-electron chi connectivity index (χ1n) is 6.36. The first-order valence-corrected chi connectivity index (χ1v) is 6.36. The van der Waals surface area contributed by atoms with Crippen molar-refractivity contribution in [3.8, 4) is 5.75 Å². The van der Waals surface area contributed by atoms with Crippen molar-refractivity contribution in [1.82, 2.24) is 5.32 Å². The first-order chi connectivity index (χ1) is 9.17. The molecule has 0 saturated heterocycles. The molecule has 0 aliphatic rings. The van der Waals surface area contributed by atoms with Crippen molar-refractivity contribution >= 4 is 5.97 Å². The van der Waals surface area contributed by atoms with Crippen LogP contribution >= 0.6 is 0 Å². The predicted molar refractivity (Wildman–Crippen MR) is 70.8 cm³/mol. The normalized spacial score (nSPS) is 10.3. The van der Waals surface area contributed by atoms with Crippen LogP contribution in [0.25, 0.3) is 0 Å². The van der Waals surface area contributed by atoms with Gasteiger partial charge in [-0.1, -0.05) is 6.07 Å². The summed E-state index contributed by atoms with van der Waals surface area (Å²) in [6, 6.07) is 4.96. The molecule has 0 atom stereocenters. The summed E-state index contributed by atoms with van der Waals surface area (Å²) in [7, 11) is 1.37. The van der Waals surface area contributed by atoms with E-state index in [1.54, 1.807) is 6.07 Å². The highest BCUT2D eigenvalue weighted by molar-refractivity contribution is 5.69. The van der Waals surface area contributed by atoms with Crippen LogP contribution in [0.1, 0.15) is 18.9 Å². The Morgan fingerprint density at radius 1 is 1.37 bits per heavy atom. The van der Waals surface area contributed by atoms with Gasteiger partial charge in [0.05, 0.1) is 20.1 Å². The number of benzene rings is 1. The number of carbonyl (C=O) groups excluding carboxylic acids is 1. The minimum Gasteiger partial charge on any atom is -0.491 e. The number of nitrogens with one attached hydrogen (secondary N) is 1. The zero-order valence-corrected chi connectivity index (χ0v) is 11.4. The number of rotatable bonds is 8. The van der Waals surface area contributed by atoms with Gasteiger partial charge in [0.25, 0.3) is 0 Å². The van der Waals surface area contributed by atoms with Crippen LogP contribution in [0.2, 0.25) is 0 Å². The van der Waals surface area contributed by atoms with E-state index in [1.807, 2.05) is 13.0 Å². The Morgan fingerprint density at radius 2 is 2.16 bits per heavy atom. The molecule has 1 rings (SSSR count). The van der Waals surface area contributed by atoms with Crippen molar-refractivity contribution in [2.75, 3.05) is 26.8 Å². The molecule has 0 radical (unpaired) electrons. The SMILES string of the molecule is CCOc1ccc(CCNCCC(=O)OC)cc1F. The quantitative estimate of drug-likeness (QED) is 0.578. The maximum absolute atomic E-state index is 13.6. The lowest BCUT2D eigenvalue weighted by molar-refractivity contribution is -0.140. The highest BCUT2D eigenvalue weighted by Crippen LogP contribution is 2.18. The molecular formula is C14H20FNO3. The molecule has 5 heteroatoms. The lowest BCUT2D eigenvalue weighted by Crippen LogP contribution is -2.21. The lowest BCUT2D eigenvalue weighted by atomic mass is 10.1. The maximum Gasteiger partial charge on any atom is 0.306 e. The second kappa shape index (κ2) is 8.48. The van der Waals surface area contributed by atoms with Crippen LogP contribution in [-0.2, 0) is 16.0 Å². The number of hydrogen-bond acceptors (Lipinski definition) is 4. The van der Waals surface area contributed by atoms with Gasteiger partial charge in [-0.3, -0.25) is 4.79 Å². The number of methoxy groups -OCH3 is 1. The zero-order valence-electron chi connectivity index (χ0n) is 11.4. The molecule has 4 nitrogen and oxygen atoms in total. The van der Waals surface area contributed by atoms with Gasteiger partial charge >= 0.3 is 5.97 Å². The average Bonchev–Trinajstić information content (AvgIpc) is 2.41. The highest BCUT2D eigenvalue weighted by atomic mass is 19.1. The molecule has 0 bridgehead atoms. The van der Waals surface area contributed by atoms with E-state index in [9.17, 15) is 9.18 Å². The molecule has 19 heavy (non-hydrogen) atoms. The fourth-order valence-corrected chi connectivity index (χ4v) is 1.62. The van der Waals surface area contributed by atoms with Crippen LogP contribution in [-0.4, -0.2) is 32.8 Å². The summed E-state index contributed by atoms with van der Waals surface area (Å²) in [6.07, 6.45) is 1.04. The van der Waals surface area contributed by atoms with E-state index >= 15 is 0 Å². The van der Waals surface area contributed by atoms with E-state index in [4.69, 9.17) is 4.74 Å². The van der Waals surface area contributed by atoms with Crippen molar-refractivity contribution < 1.29 is 18.7 Å². The van der Waals surface area contributed by atoms with E-state index in [0.717, 1.165) is 5.56 Å². The number of carbonyl (C=O) groups is 1. The van der Waals surface area contributed by atoms with Crippen LogP contribution in [0.3, 0.4) is 0 Å². The van der Waals surface area contributed by atoms with Gasteiger partial charge in [-0.05, 0) is 37.6 Å². The van der Waals surface area contributed by atoms with Crippen molar-refractivity contribution in [2.45, 2.75) is 19.8 Å². The van der Waals surface area contributed by atoms with Crippen LogP contribution in [0.5, 0.6) is 5.75 Å². The fourth-order valence-electron chi connectivity index (χ4n) is 1.62. The predicted octanol–water partition coefficient (Wildman–Crippen LogP) is 1.92. The first kappa shape index (κ1) is 15.4. The van der Waals surface area contributed by atoms with E-state index < -0.39 is 0 Å². The minimum atomic E-state index is -0.339. The van der Waals surface area contributed by atoms with E-state index in [-0.39, 0.29) is 17.5 Å². The Bertz CT molecular complexity index is 410. The molecular weight excluding hydrogens is 249 g/mol. The molecule has 0 aliphatic carbocycles. The van der Waals surface area contributed by atoms with Gasteiger partial charge in [0.15, 0.2) is 11.6 Å². The molecule has 0 fully saturated rings. The molecule has 0 spiro atoms. The Morgan fingerprint density at radius 3 is 2.79 bits per heavy atom. The summed E-state index contributed by atoms with van der Waals surface area (Å²) in [4.78, 5) is 10.9. The standard InChI is InChI=1S/C14H20FNO3/c1-3-19-13-5-4-11(10-12(13)15)6-8-16-9-7-14(17)18-2/h4-5,10,16H,3,6-9H2,1-2H3. The van der Waals surface area contributed by atoms with Gasteiger partial charge in [0, 0.05) is 6.54 Å². The Kier molecular flexibility index (Phi) is 6.89. The summed E-state index contributed by atoms with van der Waals surface area (Å²) >= 11 is 0. The van der Waals surface area contributed by atoms with Gasteiger partial charge in [-0.15, -0.1) is 0 Å². The van der Waals surface area contributed by atoms with Crippen molar-refractivity contribution in [3.63, 3.8) is 0 Å². The average molecular weight is 269 g/mol. The number of esters is 1. The topological polar surface area (TPSA) is 47.6 Å². The summed E-state index contributed by atoms with van der Waals surface area (Å²) in [5, 5.41) is 3.10. The van der Waals surface area contributed by atoms with Crippen LogP contribution < -0.4 is 10.1 Å². The van der Waals surface area contributed by atoms with Gasteiger partial charge in [0.2, 0.25) is 0 Å². The lowest BCUT2D eigenvalue weighted by Gasteiger charge is -2.07. The second-order valence-electron chi connectivity index (χ2n) is 4.02. The largest absolute Gasteiger partial charge is 0.491 e. The van der Waals surface area contributed by atoms with Gasteiger partial charge in [-0.25, -0.2) is 4.39 Å². The Balaban J connectivity index is 2.30. The molecule has 0 aliphatic heterocycles. The van der Waals surface area contributed by atoms with Gasteiger partial charge < -0.3 is 14.8 Å². The summed E-state index contributed by atoms with van der Waals surface area (Å²) < 4.78 is 23.2. The molecule has 106 valence electrons. The third-order valence-corrected chi connectivity index (χ3v) is 2.62. The zero-order chi connectivity index (χ0) is 14.1. The number of ether oxygens (including phenoxy) is 2. The molecule has 1 N–H and O–H groups in total. The van der Waals surface area contributed by atoms with Crippen LogP contribution in [0.15, 0.2) is 18.2 Å². The maximum atomic E-state index is 13.6. The third kappa shape index (κ3) is 5.70. The minimum absolute atomic E-state index is 0.236. The van der Waals surface area contributed by atoms with Crippen molar-refractivity contribution in [3.05, 3.63) is 29.6 Å². The van der Waals surface area contributed by atoms with Crippen LogP contribution in [0, 0.1) is 5.82 Å². The van der Waals surface area contributed by atoms with Crippen molar-refractivity contribution in [2.24, 2.45) is 0 Å². The molecule has 1 aromatic carbocycles. The van der Waals surface area contributed by atoms with E-state index in [1.165, 1.54) is 13.2 Å². The van der Waals surface area contributed by atoms with Gasteiger partial charge in [0.1, 0.15) is 0 Å². The fraction of sp³-hybridized carbons (Fsp3) is 0.500. The molecule has 0 amide bonds. The molecule has 0 saturated carbocycles. The second-order valence-corrected chi connectivity index (χ2v) is 4.02. The molecule has 0 unspecified atom stereocenters. The molecule has 1 aromatic rings. The van der Waals surface area contributed by atoms with E-state index in [2.05, 4.69) is 10.1 Å². The van der Waals surface area contributed by atoms with Gasteiger partial charge in [-0.2, -0.15) is 0 Å². The summed E-state index contributed by atoms with van der Waals surface area (Å²) in [5.74, 6) is -0.293. The Hall–Kier alpha value is -1.62. The third-order valence-electron chi connectivity index (χ3n) is 2.62.